The number of primary amides is 1. The van der Waals surface area contributed by atoms with Crippen LogP contribution in [0.2, 0.25) is 0 Å². The molecule has 1 amide bonds. The summed E-state index contributed by atoms with van der Waals surface area (Å²) in [7, 11) is 1.27. The number of pyridine rings is 1. The Morgan fingerprint density at radius 1 is 1.42 bits per heavy atom. The molecular formula is C15H11BrF3N3O2. The first-order chi connectivity index (χ1) is 11.2. The number of halogens is 4. The van der Waals surface area contributed by atoms with E-state index in [0.717, 1.165) is 4.57 Å². The number of fused-ring (bicyclic) bond motifs is 3. The number of carbonyl (C=O) groups excluding carboxylic acids is 1. The molecule has 3 aromatic rings. The van der Waals surface area contributed by atoms with Crippen LogP contribution in [0.25, 0.3) is 21.9 Å². The van der Waals surface area contributed by atoms with Crippen LogP contribution in [0, 0.1) is 0 Å². The van der Waals surface area contributed by atoms with E-state index in [1.807, 2.05) is 0 Å². The molecule has 1 aromatic carbocycles. The first-order valence-corrected chi connectivity index (χ1v) is 7.53. The molecule has 9 heteroatoms. The summed E-state index contributed by atoms with van der Waals surface area (Å²) >= 11 is 3.30. The molecule has 24 heavy (non-hydrogen) atoms. The maximum absolute atomic E-state index is 13.1. The molecule has 0 atom stereocenters. The second-order valence-corrected chi connectivity index (χ2v) is 6.05. The van der Waals surface area contributed by atoms with Crippen molar-refractivity contribution in [2.75, 3.05) is 7.11 Å². The Kier molecular flexibility index (Phi) is 3.90. The van der Waals surface area contributed by atoms with Crippen LogP contribution in [-0.4, -0.2) is 28.7 Å². The molecule has 2 N–H and O–H groups in total. The van der Waals surface area contributed by atoms with Gasteiger partial charge in [0.05, 0.1) is 18.1 Å². The fraction of sp³-hybridized carbons (Fsp3) is 0.200. The van der Waals surface area contributed by atoms with E-state index in [1.54, 1.807) is 18.2 Å². The molecule has 0 aliphatic heterocycles. The molecule has 0 aliphatic rings. The molecule has 0 aliphatic carbocycles. The van der Waals surface area contributed by atoms with E-state index in [-0.39, 0.29) is 16.8 Å². The summed E-state index contributed by atoms with van der Waals surface area (Å²) in [6.45, 7) is -1.24. The molecule has 0 saturated heterocycles. The molecular weight excluding hydrogens is 391 g/mol. The number of hydrogen-bond donors (Lipinski definition) is 1. The summed E-state index contributed by atoms with van der Waals surface area (Å²) in [6.07, 6.45) is -3.25. The Morgan fingerprint density at radius 2 is 2.12 bits per heavy atom. The summed E-state index contributed by atoms with van der Waals surface area (Å²) in [6, 6.07) is 4.85. The van der Waals surface area contributed by atoms with Gasteiger partial charge in [-0.1, -0.05) is 15.9 Å². The van der Waals surface area contributed by atoms with Crippen LogP contribution in [0.1, 0.15) is 10.4 Å². The molecule has 0 spiro atoms. The van der Waals surface area contributed by atoms with E-state index in [4.69, 9.17) is 10.5 Å². The van der Waals surface area contributed by atoms with Gasteiger partial charge in [-0.15, -0.1) is 0 Å². The third kappa shape index (κ3) is 2.68. The number of nitrogens with zero attached hydrogens (tertiary/aromatic N) is 2. The molecule has 2 heterocycles. The summed E-state index contributed by atoms with van der Waals surface area (Å²) in [5.41, 5.74) is 5.92. The van der Waals surface area contributed by atoms with Gasteiger partial charge in [-0.3, -0.25) is 9.78 Å². The van der Waals surface area contributed by atoms with Crippen molar-refractivity contribution in [3.8, 4) is 5.75 Å². The second kappa shape index (κ2) is 5.66. The van der Waals surface area contributed by atoms with Crippen LogP contribution < -0.4 is 10.5 Å². The fourth-order valence-corrected chi connectivity index (χ4v) is 3.07. The van der Waals surface area contributed by atoms with Gasteiger partial charge in [-0.2, -0.15) is 13.2 Å². The van der Waals surface area contributed by atoms with Gasteiger partial charge in [0.1, 0.15) is 17.6 Å². The van der Waals surface area contributed by atoms with Gasteiger partial charge in [0.2, 0.25) is 0 Å². The Bertz CT molecular complexity index is 966. The lowest BCUT2D eigenvalue weighted by Crippen LogP contribution is -2.18. The standard InChI is InChI=1S/C15H11BrF3N3O2/c1-24-13-9(14(20)23)5-21-11-8-4-7(16)2-3-10(8)22(12(11)13)6-15(17,18)19/h2-5H,6H2,1H3,(H2,20,23). The SMILES string of the molecule is COc1c(C(N)=O)cnc2c3cc(Br)ccc3n(CC(F)(F)F)c12. The fourth-order valence-electron chi connectivity index (χ4n) is 2.71. The van der Waals surface area contributed by atoms with E-state index < -0.39 is 18.6 Å². The predicted molar refractivity (Wildman–Crippen MR) is 86.1 cm³/mol. The number of aromatic nitrogens is 2. The number of alkyl halides is 3. The lowest BCUT2D eigenvalue weighted by atomic mass is 10.2. The van der Waals surface area contributed by atoms with Crippen molar-refractivity contribution >= 4 is 43.8 Å². The van der Waals surface area contributed by atoms with Crippen molar-refractivity contribution in [1.29, 1.82) is 0 Å². The second-order valence-electron chi connectivity index (χ2n) is 5.13. The highest BCUT2D eigenvalue weighted by Gasteiger charge is 2.31. The highest BCUT2D eigenvalue weighted by Crippen LogP contribution is 2.38. The van der Waals surface area contributed by atoms with E-state index >= 15 is 0 Å². The lowest BCUT2D eigenvalue weighted by Gasteiger charge is -2.13. The van der Waals surface area contributed by atoms with Gasteiger partial charge in [0.25, 0.3) is 5.91 Å². The Balaban J connectivity index is 2.50. The van der Waals surface area contributed by atoms with Crippen LogP contribution >= 0.6 is 15.9 Å². The number of rotatable bonds is 3. The number of methoxy groups -OCH3 is 1. The van der Waals surface area contributed by atoms with Gasteiger partial charge >= 0.3 is 6.18 Å². The summed E-state index contributed by atoms with van der Waals surface area (Å²) in [5, 5.41) is 0.512. The van der Waals surface area contributed by atoms with Crippen LogP contribution in [-0.2, 0) is 6.54 Å². The Hall–Kier alpha value is -2.29. The molecule has 0 saturated carbocycles. The first kappa shape index (κ1) is 16.6. The minimum Gasteiger partial charge on any atom is -0.494 e. The topological polar surface area (TPSA) is 70.1 Å². The number of carbonyl (C=O) groups is 1. The number of hydrogen-bond acceptors (Lipinski definition) is 3. The van der Waals surface area contributed by atoms with Crippen LogP contribution in [0.15, 0.2) is 28.9 Å². The number of benzene rings is 1. The highest BCUT2D eigenvalue weighted by atomic mass is 79.9. The predicted octanol–water partition coefficient (Wildman–Crippen LogP) is 3.62. The van der Waals surface area contributed by atoms with Crippen molar-refractivity contribution in [2.45, 2.75) is 12.7 Å². The molecule has 0 radical (unpaired) electrons. The zero-order valence-electron chi connectivity index (χ0n) is 12.3. The van der Waals surface area contributed by atoms with Crippen LogP contribution in [0.5, 0.6) is 5.75 Å². The maximum atomic E-state index is 13.1. The molecule has 5 nitrogen and oxygen atoms in total. The van der Waals surface area contributed by atoms with Gasteiger partial charge in [0, 0.05) is 16.1 Å². The molecule has 0 bridgehead atoms. The maximum Gasteiger partial charge on any atom is 0.406 e. The van der Waals surface area contributed by atoms with Crippen LogP contribution in [0.3, 0.4) is 0 Å². The first-order valence-electron chi connectivity index (χ1n) is 6.74. The third-order valence-electron chi connectivity index (χ3n) is 3.59. The van der Waals surface area contributed by atoms with Crippen molar-refractivity contribution in [3.63, 3.8) is 0 Å². The zero-order chi connectivity index (χ0) is 17.6. The van der Waals surface area contributed by atoms with E-state index in [2.05, 4.69) is 20.9 Å². The van der Waals surface area contributed by atoms with Gasteiger partial charge in [0.15, 0.2) is 5.75 Å². The molecule has 126 valence electrons. The Morgan fingerprint density at radius 3 is 2.71 bits per heavy atom. The smallest absolute Gasteiger partial charge is 0.406 e. The average molecular weight is 402 g/mol. The quantitative estimate of drug-likeness (QED) is 0.728. The van der Waals surface area contributed by atoms with Gasteiger partial charge in [-0.05, 0) is 18.2 Å². The molecule has 2 aromatic heterocycles. The van der Waals surface area contributed by atoms with E-state index in [0.29, 0.717) is 20.9 Å². The zero-order valence-corrected chi connectivity index (χ0v) is 13.9. The molecule has 0 unspecified atom stereocenters. The molecule has 3 rings (SSSR count). The van der Waals surface area contributed by atoms with E-state index in [9.17, 15) is 18.0 Å². The van der Waals surface area contributed by atoms with Crippen molar-refractivity contribution < 1.29 is 22.7 Å². The van der Waals surface area contributed by atoms with Gasteiger partial charge < -0.3 is 15.0 Å². The third-order valence-corrected chi connectivity index (χ3v) is 4.08. The lowest BCUT2D eigenvalue weighted by molar-refractivity contribution is -0.139. The van der Waals surface area contributed by atoms with Crippen molar-refractivity contribution in [3.05, 3.63) is 34.4 Å². The summed E-state index contributed by atoms with van der Waals surface area (Å²) in [4.78, 5) is 15.7. The normalized spacial score (nSPS) is 12.0. The average Bonchev–Trinajstić information content (AvgIpc) is 2.78. The minimum atomic E-state index is -4.46. The monoisotopic (exact) mass is 401 g/mol. The highest BCUT2D eigenvalue weighted by molar-refractivity contribution is 9.10. The van der Waals surface area contributed by atoms with Gasteiger partial charge in [-0.25, -0.2) is 0 Å². The summed E-state index contributed by atoms with van der Waals surface area (Å²) < 4.78 is 46.1. The largest absolute Gasteiger partial charge is 0.494 e. The summed E-state index contributed by atoms with van der Waals surface area (Å²) in [5.74, 6) is -0.852. The van der Waals surface area contributed by atoms with Crippen molar-refractivity contribution in [2.24, 2.45) is 5.73 Å². The Labute approximate surface area is 142 Å². The van der Waals surface area contributed by atoms with Crippen molar-refractivity contribution in [1.82, 2.24) is 9.55 Å². The number of nitrogens with two attached hydrogens (primary N) is 1. The number of ether oxygens (including phenoxy) is 1. The van der Waals surface area contributed by atoms with E-state index in [1.165, 1.54) is 13.3 Å². The minimum absolute atomic E-state index is 0.0240. The van der Waals surface area contributed by atoms with Crippen LogP contribution in [0.4, 0.5) is 13.2 Å². The molecule has 0 fully saturated rings. The number of amides is 1.